The standard InChI is InChI=1S/C10H7N3O/c14-7-4-6-2-1-3-8-10(6)9(5-7)12-13-11-8/h1-5,14H,(H,11,12). The maximum atomic E-state index is 9.44. The minimum Gasteiger partial charge on any atom is -0.508 e. The summed E-state index contributed by atoms with van der Waals surface area (Å²) in [7, 11) is 0. The second-order valence-electron chi connectivity index (χ2n) is 3.18. The molecule has 1 aliphatic rings. The van der Waals surface area contributed by atoms with Gasteiger partial charge in [0, 0.05) is 11.5 Å². The Bertz CT molecular complexity index is 548. The number of nitrogens with zero attached hydrogens (tertiary/aromatic N) is 2. The molecule has 0 fully saturated rings. The predicted molar refractivity (Wildman–Crippen MR) is 53.8 cm³/mol. The van der Waals surface area contributed by atoms with Crippen molar-refractivity contribution in [3.05, 3.63) is 30.3 Å². The Morgan fingerprint density at radius 1 is 1.21 bits per heavy atom. The molecule has 0 saturated carbocycles. The molecule has 4 heteroatoms. The van der Waals surface area contributed by atoms with Crippen molar-refractivity contribution in [3.8, 4) is 5.75 Å². The third-order valence-electron chi connectivity index (χ3n) is 2.27. The van der Waals surface area contributed by atoms with Gasteiger partial charge in [-0.25, -0.2) is 0 Å². The summed E-state index contributed by atoms with van der Waals surface area (Å²) in [6, 6.07) is 9.08. The Labute approximate surface area is 79.9 Å². The van der Waals surface area contributed by atoms with Crippen LogP contribution in [0.2, 0.25) is 0 Å². The maximum absolute atomic E-state index is 9.44. The fourth-order valence-electron chi connectivity index (χ4n) is 1.70. The molecule has 0 saturated heterocycles. The number of hydrogen-bond acceptors (Lipinski definition) is 4. The van der Waals surface area contributed by atoms with Gasteiger partial charge < -0.3 is 5.11 Å². The van der Waals surface area contributed by atoms with Gasteiger partial charge in [-0.3, -0.25) is 5.43 Å². The van der Waals surface area contributed by atoms with E-state index in [-0.39, 0.29) is 5.75 Å². The summed E-state index contributed by atoms with van der Waals surface area (Å²) >= 11 is 0. The van der Waals surface area contributed by atoms with Crippen LogP contribution in [-0.4, -0.2) is 5.11 Å². The second kappa shape index (κ2) is 2.45. The largest absolute Gasteiger partial charge is 0.508 e. The van der Waals surface area contributed by atoms with Gasteiger partial charge in [0.2, 0.25) is 0 Å². The summed E-state index contributed by atoms with van der Waals surface area (Å²) in [4.78, 5) is 0. The third-order valence-corrected chi connectivity index (χ3v) is 2.27. The minimum absolute atomic E-state index is 0.231. The fraction of sp³-hybridized carbons (Fsp3) is 0. The van der Waals surface area contributed by atoms with Gasteiger partial charge in [-0.05, 0) is 17.5 Å². The predicted octanol–water partition coefficient (Wildman–Crippen LogP) is 2.97. The topological polar surface area (TPSA) is 57.0 Å². The van der Waals surface area contributed by atoms with Crippen molar-refractivity contribution in [2.24, 2.45) is 10.3 Å². The molecule has 68 valence electrons. The molecular weight excluding hydrogens is 178 g/mol. The number of nitrogens with one attached hydrogen (secondary N) is 1. The Hall–Kier alpha value is -2.10. The fourth-order valence-corrected chi connectivity index (χ4v) is 1.70. The van der Waals surface area contributed by atoms with Gasteiger partial charge in [-0.1, -0.05) is 17.4 Å². The van der Waals surface area contributed by atoms with E-state index >= 15 is 0 Å². The number of rotatable bonds is 0. The van der Waals surface area contributed by atoms with Crippen molar-refractivity contribution >= 4 is 22.1 Å². The van der Waals surface area contributed by atoms with Gasteiger partial charge >= 0.3 is 0 Å². The molecule has 1 heterocycles. The van der Waals surface area contributed by atoms with Gasteiger partial charge in [-0.15, -0.1) is 5.11 Å². The third kappa shape index (κ3) is 0.877. The molecule has 0 bridgehead atoms. The first-order valence-electron chi connectivity index (χ1n) is 4.27. The Kier molecular flexibility index (Phi) is 1.28. The summed E-state index contributed by atoms with van der Waals surface area (Å²) < 4.78 is 0. The van der Waals surface area contributed by atoms with Crippen LogP contribution in [0.25, 0.3) is 10.8 Å². The molecule has 2 N–H and O–H groups in total. The van der Waals surface area contributed by atoms with Gasteiger partial charge in [0.1, 0.15) is 5.75 Å². The van der Waals surface area contributed by atoms with E-state index in [0.717, 1.165) is 22.1 Å². The van der Waals surface area contributed by atoms with Crippen molar-refractivity contribution in [1.29, 1.82) is 0 Å². The lowest BCUT2D eigenvalue weighted by molar-refractivity contribution is 0.476. The van der Waals surface area contributed by atoms with E-state index in [2.05, 4.69) is 15.8 Å². The molecule has 0 atom stereocenters. The Morgan fingerprint density at radius 2 is 2.14 bits per heavy atom. The summed E-state index contributed by atoms with van der Waals surface area (Å²) in [6.07, 6.45) is 0. The van der Waals surface area contributed by atoms with Crippen molar-refractivity contribution in [2.45, 2.75) is 0 Å². The summed E-state index contributed by atoms with van der Waals surface area (Å²) in [5, 5.41) is 19.1. The first kappa shape index (κ1) is 7.32. The van der Waals surface area contributed by atoms with Gasteiger partial charge in [0.15, 0.2) is 0 Å². The zero-order valence-electron chi connectivity index (χ0n) is 7.23. The lowest BCUT2D eigenvalue weighted by Crippen LogP contribution is -1.92. The Morgan fingerprint density at radius 3 is 3.07 bits per heavy atom. The van der Waals surface area contributed by atoms with Crippen LogP contribution in [0.1, 0.15) is 0 Å². The van der Waals surface area contributed by atoms with Gasteiger partial charge in [-0.2, -0.15) is 0 Å². The smallest absolute Gasteiger partial charge is 0.118 e. The van der Waals surface area contributed by atoms with Crippen LogP contribution in [0.5, 0.6) is 5.75 Å². The number of anilines is 1. The zero-order chi connectivity index (χ0) is 9.54. The van der Waals surface area contributed by atoms with Crippen molar-refractivity contribution in [3.63, 3.8) is 0 Å². The zero-order valence-corrected chi connectivity index (χ0v) is 7.23. The number of hydrogen-bond donors (Lipinski definition) is 2. The van der Waals surface area contributed by atoms with E-state index in [0.29, 0.717) is 0 Å². The summed E-state index contributed by atoms with van der Waals surface area (Å²) in [5.74, 6) is 0.231. The second-order valence-corrected chi connectivity index (χ2v) is 3.18. The number of benzene rings is 2. The molecular formula is C10H7N3O. The van der Waals surface area contributed by atoms with Crippen LogP contribution < -0.4 is 5.43 Å². The molecule has 2 aromatic rings. The monoisotopic (exact) mass is 185 g/mol. The van der Waals surface area contributed by atoms with Crippen LogP contribution >= 0.6 is 0 Å². The first-order chi connectivity index (χ1) is 6.84. The molecule has 0 radical (unpaired) electrons. The molecule has 3 rings (SSSR count). The molecule has 4 nitrogen and oxygen atoms in total. The van der Waals surface area contributed by atoms with E-state index in [1.165, 1.54) is 0 Å². The first-order valence-corrected chi connectivity index (χ1v) is 4.27. The number of phenols is 1. The molecule has 2 aromatic carbocycles. The van der Waals surface area contributed by atoms with E-state index < -0.39 is 0 Å². The van der Waals surface area contributed by atoms with E-state index in [1.807, 2.05) is 18.2 Å². The number of aromatic hydroxyl groups is 1. The highest BCUT2D eigenvalue weighted by atomic mass is 16.3. The summed E-state index contributed by atoms with van der Waals surface area (Å²) in [5.41, 5.74) is 4.39. The van der Waals surface area contributed by atoms with Crippen molar-refractivity contribution in [1.82, 2.24) is 0 Å². The van der Waals surface area contributed by atoms with E-state index in [9.17, 15) is 5.11 Å². The van der Waals surface area contributed by atoms with Crippen LogP contribution in [0.15, 0.2) is 40.7 Å². The van der Waals surface area contributed by atoms with E-state index in [1.54, 1.807) is 12.1 Å². The van der Waals surface area contributed by atoms with Crippen LogP contribution in [0.4, 0.5) is 11.4 Å². The van der Waals surface area contributed by atoms with Crippen LogP contribution in [-0.2, 0) is 0 Å². The van der Waals surface area contributed by atoms with Gasteiger partial charge in [0.25, 0.3) is 0 Å². The van der Waals surface area contributed by atoms with Crippen molar-refractivity contribution in [2.75, 3.05) is 5.43 Å². The molecule has 14 heavy (non-hydrogen) atoms. The molecule has 0 aliphatic carbocycles. The lowest BCUT2D eigenvalue weighted by Gasteiger charge is -2.11. The van der Waals surface area contributed by atoms with Gasteiger partial charge in [0.05, 0.1) is 11.4 Å². The highest BCUT2D eigenvalue weighted by Crippen LogP contribution is 2.37. The van der Waals surface area contributed by atoms with Crippen LogP contribution in [0, 0.1) is 0 Å². The SMILES string of the molecule is Oc1cc2c3c(cccc3c1)N=NN2. The Balaban J connectivity index is 2.53. The number of phenolic OH excluding ortho intramolecular Hbond substituents is 1. The highest BCUT2D eigenvalue weighted by molar-refractivity contribution is 6.03. The summed E-state index contributed by atoms with van der Waals surface area (Å²) in [6.45, 7) is 0. The molecule has 0 unspecified atom stereocenters. The maximum Gasteiger partial charge on any atom is 0.118 e. The van der Waals surface area contributed by atoms with Crippen molar-refractivity contribution < 1.29 is 5.11 Å². The lowest BCUT2D eigenvalue weighted by atomic mass is 10.1. The molecule has 0 amide bonds. The molecule has 0 aromatic heterocycles. The molecule has 0 spiro atoms. The average Bonchev–Trinajstić information content (AvgIpc) is 2.18. The quantitative estimate of drug-likeness (QED) is 0.662. The van der Waals surface area contributed by atoms with E-state index in [4.69, 9.17) is 0 Å². The average molecular weight is 185 g/mol. The normalized spacial score (nSPS) is 12.9. The minimum atomic E-state index is 0.231. The van der Waals surface area contributed by atoms with Crippen LogP contribution in [0.3, 0.4) is 0 Å². The highest BCUT2D eigenvalue weighted by Gasteiger charge is 2.10. The molecule has 1 aliphatic heterocycles.